The number of aryl methyl sites for hydroxylation is 1. The molecule has 3 aliphatic rings. The molecule has 2 aromatic carbocycles. The lowest BCUT2D eigenvalue weighted by Crippen LogP contribution is -2.44. The van der Waals surface area contributed by atoms with Crippen LogP contribution in [0.1, 0.15) is 76.0 Å². The van der Waals surface area contributed by atoms with Crippen LogP contribution in [-0.4, -0.2) is 11.6 Å². The zero-order valence-corrected chi connectivity index (χ0v) is 21.2. The molecule has 35 heavy (non-hydrogen) atoms. The van der Waals surface area contributed by atoms with Crippen LogP contribution in [-0.2, 0) is 9.59 Å². The fourth-order valence-electron chi connectivity index (χ4n) is 6.09. The van der Waals surface area contributed by atoms with Crippen molar-refractivity contribution in [3.63, 3.8) is 0 Å². The van der Waals surface area contributed by atoms with Crippen molar-refractivity contribution in [2.24, 2.45) is 10.8 Å². The van der Waals surface area contributed by atoms with Gasteiger partial charge in [-0.15, -0.1) is 0 Å². The summed E-state index contributed by atoms with van der Waals surface area (Å²) in [4.78, 5) is 29.9. The first-order valence-electron chi connectivity index (χ1n) is 12.4. The van der Waals surface area contributed by atoms with E-state index in [1.54, 1.807) is 6.07 Å². The average molecular weight is 465 g/mol. The van der Waals surface area contributed by atoms with E-state index in [-0.39, 0.29) is 22.4 Å². The normalized spacial score (nSPS) is 21.5. The van der Waals surface area contributed by atoms with E-state index in [1.807, 2.05) is 18.2 Å². The molecule has 0 atom stereocenters. The summed E-state index contributed by atoms with van der Waals surface area (Å²) in [5, 5.41) is 9.56. The van der Waals surface area contributed by atoms with E-state index in [9.17, 15) is 14.9 Å². The van der Waals surface area contributed by atoms with Gasteiger partial charge in [0.15, 0.2) is 11.6 Å². The predicted octanol–water partition coefficient (Wildman–Crippen LogP) is 6.76. The number of nitrogens with zero attached hydrogens (tertiary/aromatic N) is 2. The Balaban J connectivity index is 1.84. The maximum atomic E-state index is 13.8. The van der Waals surface area contributed by atoms with E-state index in [1.165, 1.54) is 5.56 Å². The van der Waals surface area contributed by atoms with Gasteiger partial charge in [0.25, 0.3) is 0 Å². The van der Waals surface area contributed by atoms with Crippen molar-refractivity contribution in [3.05, 3.63) is 87.8 Å². The molecule has 0 aromatic heterocycles. The third kappa shape index (κ3) is 4.04. The van der Waals surface area contributed by atoms with Gasteiger partial charge in [0, 0.05) is 47.0 Å². The largest absolute Gasteiger partial charge is 0.317 e. The van der Waals surface area contributed by atoms with Crippen LogP contribution < -0.4 is 4.90 Å². The minimum absolute atomic E-state index is 0.102. The average Bonchev–Trinajstić information content (AvgIpc) is 2.77. The van der Waals surface area contributed by atoms with Crippen LogP contribution in [0.4, 0.5) is 5.69 Å². The van der Waals surface area contributed by atoms with Crippen LogP contribution >= 0.6 is 0 Å². The Kier molecular flexibility index (Phi) is 5.36. The zero-order chi connectivity index (χ0) is 25.1. The molecule has 178 valence electrons. The van der Waals surface area contributed by atoms with E-state index < -0.39 is 5.92 Å². The topological polar surface area (TPSA) is 61.2 Å². The first kappa shape index (κ1) is 23.3. The third-order valence-corrected chi connectivity index (χ3v) is 7.55. The lowest BCUT2D eigenvalue weighted by Gasteiger charge is -2.49. The summed E-state index contributed by atoms with van der Waals surface area (Å²) in [5.74, 6) is -0.225. The SMILES string of the molecule is Cc1ccc(N2C3=C(C(=O)CC(C)(C)C3)C(c3cccc(C#N)c3)C3=C2CC(C)(C)CC3=O)cc1. The molecule has 5 rings (SSSR count). The van der Waals surface area contributed by atoms with Gasteiger partial charge < -0.3 is 4.90 Å². The van der Waals surface area contributed by atoms with Gasteiger partial charge in [0.2, 0.25) is 0 Å². The van der Waals surface area contributed by atoms with Crippen molar-refractivity contribution < 1.29 is 9.59 Å². The van der Waals surface area contributed by atoms with Crippen molar-refractivity contribution >= 4 is 17.3 Å². The summed E-state index contributed by atoms with van der Waals surface area (Å²) < 4.78 is 0. The number of Topliss-reactive ketones (excluding diaryl/α,β-unsaturated/α-hetero) is 2. The number of hydrogen-bond donors (Lipinski definition) is 0. The molecule has 0 saturated heterocycles. The minimum Gasteiger partial charge on any atom is -0.317 e. The van der Waals surface area contributed by atoms with Crippen LogP contribution in [0.3, 0.4) is 0 Å². The summed E-state index contributed by atoms with van der Waals surface area (Å²) in [7, 11) is 0. The second-order valence-electron chi connectivity index (χ2n) is 11.9. The highest BCUT2D eigenvalue weighted by Crippen LogP contribution is 2.55. The predicted molar refractivity (Wildman–Crippen MR) is 138 cm³/mol. The van der Waals surface area contributed by atoms with Crippen molar-refractivity contribution in [2.45, 2.75) is 66.2 Å². The Morgan fingerprint density at radius 3 is 1.89 bits per heavy atom. The highest BCUT2D eigenvalue weighted by atomic mass is 16.1. The molecular weight excluding hydrogens is 432 g/mol. The number of carbonyl (C=O) groups excluding carboxylic acids is 2. The summed E-state index contributed by atoms with van der Waals surface area (Å²) in [6.07, 6.45) is 2.40. The quantitative estimate of drug-likeness (QED) is 0.493. The first-order chi connectivity index (χ1) is 16.5. The molecule has 0 radical (unpaired) electrons. The molecule has 1 heterocycles. The van der Waals surface area contributed by atoms with Crippen molar-refractivity contribution in [3.8, 4) is 6.07 Å². The molecule has 2 aliphatic carbocycles. The highest BCUT2D eigenvalue weighted by molar-refractivity contribution is 6.08. The smallest absolute Gasteiger partial charge is 0.162 e. The van der Waals surface area contributed by atoms with Crippen LogP contribution in [0, 0.1) is 29.1 Å². The molecule has 2 aromatic rings. The molecular formula is C31H32N2O2. The number of hydrogen-bond acceptors (Lipinski definition) is 4. The molecule has 0 saturated carbocycles. The van der Waals surface area contributed by atoms with Crippen LogP contribution in [0.25, 0.3) is 0 Å². The third-order valence-electron chi connectivity index (χ3n) is 7.55. The molecule has 0 bridgehead atoms. The molecule has 0 spiro atoms. The van der Waals surface area contributed by atoms with E-state index in [2.05, 4.69) is 69.9 Å². The number of allylic oxidation sites excluding steroid dienone is 4. The zero-order valence-electron chi connectivity index (χ0n) is 21.2. The molecule has 0 unspecified atom stereocenters. The molecule has 4 heteroatoms. The van der Waals surface area contributed by atoms with Crippen LogP contribution in [0.5, 0.6) is 0 Å². The first-order valence-corrected chi connectivity index (χ1v) is 12.4. The van der Waals surface area contributed by atoms with Gasteiger partial charge in [-0.05, 0) is 60.4 Å². The van der Waals surface area contributed by atoms with Gasteiger partial charge in [0.05, 0.1) is 11.6 Å². The van der Waals surface area contributed by atoms with E-state index >= 15 is 0 Å². The second kappa shape index (κ2) is 8.05. The van der Waals surface area contributed by atoms with Crippen LogP contribution in [0.2, 0.25) is 0 Å². The number of ketones is 2. The number of anilines is 1. The van der Waals surface area contributed by atoms with Crippen molar-refractivity contribution in [2.75, 3.05) is 4.90 Å². The second-order valence-corrected chi connectivity index (χ2v) is 11.9. The molecule has 1 aliphatic heterocycles. The number of nitriles is 1. The van der Waals surface area contributed by atoms with Crippen LogP contribution in [0.15, 0.2) is 71.1 Å². The number of benzene rings is 2. The lowest BCUT2D eigenvalue weighted by molar-refractivity contribution is -0.119. The summed E-state index contributed by atoms with van der Waals surface area (Å²) in [5.41, 5.74) is 6.68. The fourth-order valence-corrected chi connectivity index (χ4v) is 6.09. The molecule has 0 amide bonds. The Hall–Kier alpha value is -3.45. The van der Waals surface area contributed by atoms with E-state index in [0.717, 1.165) is 46.6 Å². The number of carbonyl (C=O) groups is 2. The summed E-state index contributed by atoms with van der Waals surface area (Å²) in [6.45, 7) is 10.6. The van der Waals surface area contributed by atoms with E-state index in [4.69, 9.17) is 0 Å². The van der Waals surface area contributed by atoms with Gasteiger partial charge in [-0.3, -0.25) is 9.59 Å². The van der Waals surface area contributed by atoms with Gasteiger partial charge >= 0.3 is 0 Å². The van der Waals surface area contributed by atoms with Crippen molar-refractivity contribution in [1.29, 1.82) is 5.26 Å². The lowest BCUT2D eigenvalue weighted by atomic mass is 9.63. The highest BCUT2D eigenvalue weighted by Gasteiger charge is 2.49. The van der Waals surface area contributed by atoms with Crippen molar-refractivity contribution in [1.82, 2.24) is 0 Å². The fraction of sp³-hybridized carbons (Fsp3) is 0.387. The minimum atomic E-state index is -0.429. The van der Waals surface area contributed by atoms with E-state index in [0.29, 0.717) is 18.4 Å². The Labute approximate surface area is 208 Å². The maximum Gasteiger partial charge on any atom is 0.162 e. The Morgan fingerprint density at radius 1 is 0.829 bits per heavy atom. The van der Waals surface area contributed by atoms with Gasteiger partial charge in [-0.2, -0.15) is 5.26 Å². The molecule has 0 N–H and O–H groups in total. The maximum absolute atomic E-state index is 13.8. The Morgan fingerprint density at radius 2 is 1.37 bits per heavy atom. The summed E-state index contributed by atoms with van der Waals surface area (Å²) >= 11 is 0. The van der Waals surface area contributed by atoms with Gasteiger partial charge in [0.1, 0.15) is 0 Å². The molecule has 4 nitrogen and oxygen atoms in total. The summed E-state index contributed by atoms with van der Waals surface area (Å²) in [6, 6.07) is 18.0. The Bertz CT molecular complexity index is 1300. The van der Waals surface area contributed by atoms with Gasteiger partial charge in [-0.1, -0.05) is 57.5 Å². The number of rotatable bonds is 2. The monoisotopic (exact) mass is 464 g/mol. The molecule has 0 fully saturated rings. The van der Waals surface area contributed by atoms with Gasteiger partial charge in [-0.25, -0.2) is 0 Å². The standard InChI is InChI=1S/C31H32N2O2/c1-19-9-11-22(12-10-19)33-23-14-30(2,3)16-25(34)28(23)27(21-8-6-7-20(13-21)18-32)29-24(33)15-31(4,5)17-26(29)35/h6-13,27H,14-17H2,1-5H3.